The molecule has 1 rings (SSSR count). The van der Waals surface area contributed by atoms with E-state index in [-0.39, 0.29) is 5.56 Å². The number of anilines is 2. The predicted octanol–water partition coefficient (Wildman–Crippen LogP) is 0.452. The summed E-state index contributed by atoms with van der Waals surface area (Å²) in [6.45, 7) is 1.91. The molecule has 0 amide bonds. The van der Waals surface area contributed by atoms with Crippen LogP contribution in [0.2, 0.25) is 0 Å². The summed E-state index contributed by atoms with van der Waals surface area (Å²) in [5.41, 5.74) is 0.569. The molecule has 0 aromatic carbocycles. The van der Waals surface area contributed by atoms with E-state index in [2.05, 4.69) is 4.98 Å². The van der Waals surface area contributed by atoms with Gasteiger partial charge in [-0.15, -0.1) is 0 Å². The van der Waals surface area contributed by atoms with Crippen molar-refractivity contribution in [3.05, 3.63) is 15.9 Å². The molecule has 1 heterocycles. The molecule has 0 aliphatic heterocycles. The highest BCUT2D eigenvalue weighted by molar-refractivity contribution is 5.76. The van der Waals surface area contributed by atoms with Gasteiger partial charge in [0.25, 0.3) is 5.56 Å². The Morgan fingerprint density at radius 1 is 1.41 bits per heavy atom. The molecule has 94 valence electrons. The van der Waals surface area contributed by atoms with Gasteiger partial charge in [-0.2, -0.15) is 4.98 Å². The van der Waals surface area contributed by atoms with Crippen molar-refractivity contribution in [2.75, 3.05) is 30.9 Å². The van der Waals surface area contributed by atoms with Crippen LogP contribution in [0.4, 0.5) is 11.8 Å². The van der Waals surface area contributed by atoms with Crippen LogP contribution in [0.5, 0.6) is 0 Å². The smallest absolute Gasteiger partial charge is 0.259 e. The van der Waals surface area contributed by atoms with Crippen molar-refractivity contribution in [1.29, 1.82) is 5.41 Å². The molecular formula is C11H19N5O. The van der Waals surface area contributed by atoms with Gasteiger partial charge in [0.1, 0.15) is 5.82 Å². The van der Waals surface area contributed by atoms with Crippen molar-refractivity contribution in [2.45, 2.75) is 13.3 Å². The lowest BCUT2D eigenvalue weighted by Crippen LogP contribution is -2.32. The fourth-order valence-corrected chi connectivity index (χ4v) is 1.69. The highest BCUT2D eigenvalue weighted by Crippen LogP contribution is 2.16. The van der Waals surface area contributed by atoms with E-state index in [0.29, 0.717) is 23.8 Å². The van der Waals surface area contributed by atoms with Gasteiger partial charge in [0.2, 0.25) is 5.95 Å². The standard InChI is InChI=1S/C11H19N5O/c1-6-8-9(15(4)7-12)13-11(14(2)3)16(5)10(8)17/h7,12H,6H2,1-5H3. The van der Waals surface area contributed by atoms with Gasteiger partial charge in [-0.1, -0.05) is 6.92 Å². The van der Waals surface area contributed by atoms with Crippen molar-refractivity contribution in [1.82, 2.24) is 9.55 Å². The molecule has 0 fully saturated rings. The second-order valence-corrected chi connectivity index (χ2v) is 4.07. The van der Waals surface area contributed by atoms with Crippen molar-refractivity contribution >= 4 is 18.1 Å². The minimum absolute atomic E-state index is 0.0603. The highest BCUT2D eigenvalue weighted by Gasteiger charge is 2.16. The fourth-order valence-electron chi connectivity index (χ4n) is 1.69. The van der Waals surface area contributed by atoms with Crippen LogP contribution >= 0.6 is 0 Å². The summed E-state index contributed by atoms with van der Waals surface area (Å²) < 4.78 is 1.53. The summed E-state index contributed by atoms with van der Waals surface area (Å²) in [6, 6.07) is 0. The molecule has 0 aliphatic carbocycles. The van der Waals surface area contributed by atoms with Crippen LogP contribution in [0.3, 0.4) is 0 Å². The van der Waals surface area contributed by atoms with Crippen molar-refractivity contribution in [3.8, 4) is 0 Å². The molecule has 0 bridgehead atoms. The Kier molecular flexibility index (Phi) is 3.88. The highest BCUT2D eigenvalue weighted by atomic mass is 16.1. The summed E-state index contributed by atoms with van der Waals surface area (Å²) in [5, 5.41) is 7.26. The number of hydrogen-bond donors (Lipinski definition) is 1. The summed E-state index contributed by atoms with van der Waals surface area (Å²) in [5.74, 6) is 1.13. The quantitative estimate of drug-likeness (QED) is 0.610. The van der Waals surface area contributed by atoms with Crippen LogP contribution in [0.25, 0.3) is 0 Å². The Morgan fingerprint density at radius 2 is 2.00 bits per heavy atom. The van der Waals surface area contributed by atoms with E-state index < -0.39 is 0 Å². The van der Waals surface area contributed by atoms with E-state index >= 15 is 0 Å². The summed E-state index contributed by atoms with van der Waals surface area (Å²) in [7, 11) is 7.09. The van der Waals surface area contributed by atoms with Crippen LogP contribution in [-0.4, -0.2) is 37.0 Å². The summed E-state index contributed by atoms with van der Waals surface area (Å²) in [4.78, 5) is 19.9. The van der Waals surface area contributed by atoms with E-state index in [9.17, 15) is 4.79 Å². The molecule has 0 saturated heterocycles. The number of aromatic nitrogens is 2. The first kappa shape index (κ1) is 13.2. The summed E-state index contributed by atoms with van der Waals surface area (Å²) >= 11 is 0. The molecule has 0 saturated carbocycles. The van der Waals surface area contributed by atoms with Gasteiger partial charge in [-0.25, -0.2) is 0 Å². The molecule has 1 aromatic rings. The minimum Gasteiger partial charge on any atom is -0.348 e. The third-order valence-corrected chi connectivity index (χ3v) is 2.62. The first-order chi connectivity index (χ1) is 7.93. The lowest BCUT2D eigenvalue weighted by Gasteiger charge is -2.21. The zero-order valence-electron chi connectivity index (χ0n) is 11.0. The Bertz CT molecular complexity index is 477. The maximum atomic E-state index is 12.2. The van der Waals surface area contributed by atoms with E-state index in [1.165, 1.54) is 4.57 Å². The average molecular weight is 237 g/mol. The van der Waals surface area contributed by atoms with Gasteiger partial charge in [-0.3, -0.25) is 14.8 Å². The maximum absolute atomic E-state index is 12.2. The largest absolute Gasteiger partial charge is 0.348 e. The second kappa shape index (κ2) is 4.99. The Labute approximate surface area is 101 Å². The van der Waals surface area contributed by atoms with Crippen LogP contribution in [0.15, 0.2) is 4.79 Å². The van der Waals surface area contributed by atoms with E-state index in [4.69, 9.17) is 5.41 Å². The molecule has 0 spiro atoms. The zero-order chi connectivity index (χ0) is 13.2. The SMILES string of the molecule is CCc1c(N(C)C=N)nc(N(C)C)n(C)c1=O. The predicted molar refractivity (Wildman–Crippen MR) is 70.4 cm³/mol. The van der Waals surface area contributed by atoms with Crippen molar-refractivity contribution in [3.63, 3.8) is 0 Å². The monoisotopic (exact) mass is 237 g/mol. The van der Waals surface area contributed by atoms with Gasteiger partial charge in [0.05, 0.1) is 11.9 Å². The molecular weight excluding hydrogens is 218 g/mol. The first-order valence-corrected chi connectivity index (χ1v) is 5.44. The molecule has 0 unspecified atom stereocenters. The van der Waals surface area contributed by atoms with Crippen molar-refractivity contribution in [2.24, 2.45) is 7.05 Å². The molecule has 1 aromatic heterocycles. The molecule has 6 nitrogen and oxygen atoms in total. The first-order valence-electron chi connectivity index (χ1n) is 5.44. The van der Waals surface area contributed by atoms with Crippen LogP contribution in [0, 0.1) is 5.41 Å². The fraction of sp³-hybridized carbons (Fsp3) is 0.545. The average Bonchev–Trinajstić information content (AvgIpc) is 2.30. The van der Waals surface area contributed by atoms with Gasteiger partial charge < -0.3 is 9.80 Å². The summed E-state index contributed by atoms with van der Waals surface area (Å²) in [6.07, 6.45) is 1.75. The third kappa shape index (κ3) is 2.30. The normalized spacial score (nSPS) is 10.2. The van der Waals surface area contributed by atoms with Crippen LogP contribution in [-0.2, 0) is 13.5 Å². The third-order valence-electron chi connectivity index (χ3n) is 2.62. The van der Waals surface area contributed by atoms with Gasteiger partial charge in [-0.05, 0) is 6.42 Å². The van der Waals surface area contributed by atoms with Crippen LogP contribution < -0.4 is 15.4 Å². The molecule has 6 heteroatoms. The van der Waals surface area contributed by atoms with E-state index in [1.807, 2.05) is 21.0 Å². The van der Waals surface area contributed by atoms with Gasteiger partial charge in [0, 0.05) is 28.2 Å². The van der Waals surface area contributed by atoms with E-state index in [0.717, 1.165) is 6.34 Å². The zero-order valence-corrected chi connectivity index (χ0v) is 11.0. The number of nitrogens with zero attached hydrogens (tertiary/aromatic N) is 4. The Balaban J connectivity index is 3.58. The lowest BCUT2D eigenvalue weighted by atomic mass is 10.2. The van der Waals surface area contributed by atoms with Gasteiger partial charge in [0.15, 0.2) is 0 Å². The molecule has 0 aliphatic rings. The molecule has 0 radical (unpaired) electrons. The number of hydrogen-bond acceptors (Lipinski definition) is 4. The molecule has 17 heavy (non-hydrogen) atoms. The number of rotatable bonds is 4. The Hall–Kier alpha value is -1.85. The lowest BCUT2D eigenvalue weighted by molar-refractivity contribution is 0.773. The Morgan fingerprint density at radius 3 is 2.41 bits per heavy atom. The number of nitrogens with one attached hydrogen (secondary N) is 1. The minimum atomic E-state index is -0.0603. The molecule has 0 atom stereocenters. The maximum Gasteiger partial charge on any atom is 0.259 e. The molecule has 1 N–H and O–H groups in total. The second-order valence-electron chi connectivity index (χ2n) is 4.07. The van der Waals surface area contributed by atoms with Gasteiger partial charge >= 0.3 is 0 Å². The van der Waals surface area contributed by atoms with E-state index in [1.54, 1.807) is 23.9 Å². The van der Waals surface area contributed by atoms with Crippen molar-refractivity contribution < 1.29 is 0 Å². The topological polar surface area (TPSA) is 65.2 Å². The van der Waals surface area contributed by atoms with Crippen LogP contribution in [0.1, 0.15) is 12.5 Å².